The highest BCUT2D eigenvalue weighted by atomic mass is 16.5. The second-order valence-electron chi connectivity index (χ2n) is 3.72. The first-order chi connectivity index (χ1) is 7.60. The fraction of sp³-hybridized carbons (Fsp3) is 0.462. The van der Waals surface area contributed by atoms with Gasteiger partial charge in [0, 0.05) is 7.11 Å². The van der Waals surface area contributed by atoms with Gasteiger partial charge in [-0.2, -0.15) is 0 Å². The van der Waals surface area contributed by atoms with Gasteiger partial charge in [-0.1, -0.05) is 0 Å². The Balaban J connectivity index is 3.13. The molecule has 0 saturated heterocycles. The number of ether oxygens (including phenoxy) is 2. The zero-order valence-corrected chi connectivity index (χ0v) is 10.3. The van der Waals surface area contributed by atoms with E-state index in [1.54, 1.807) is 0 Å². The number of methoxy groups -OCH3 is 1. The molecule has 0 amide bonds. The Morgan fingerprint density at radius 3 is 2.44 bits per heavy atom. The van der Waals surface area contributed by atoms with Gasteiger partial charge in [-0.25, -0.2) is 0 Å². The van der Waals surface area contributed by atoms with Gasteiger partial charge in [-0.15, -0.1) is 0 Å². The largest absolute Gasteiger partial charge is 0.493 e. The molecule has 3 heteroatoms. The molecule has 0 aliphatic heterocycles. The van der Waals surface area contributed by atoms with Gasteiger partial charge in [-0.3, -0.25) is 4.79 Å². The molecule has 0 aliphatic rings. The van der Waals surface area contributed by atoms with Gasteiger partial charge >= 0.3 is 0 Å². The number of hydrogen-bond acceptors (Lipinski definition) is 3. The topological polar surface area (TPSA) is 35.5 Å². The van der Waals surface area contributed by atoms with Crippen LogP contribution in [0, 0.1) is 13.8 Å². The summed E-state index contributed by atoms with van der Waals surface area (Å²) in [5.74, 6) is 0.599. The van der Waals surface area contributed by atoms with Crippen molar-refractivity contribution in [1.29, 1.82) is 0 Å². The first-order valence-electron chi connectivity index (χ1n) is 5.36. The van der Waals surface area contributed by atoms with Crippen LogP contribution in [0.25, 0.3) is 0 Å². The molecule has 0 heterocycles. The summed E-state index contributed by atoms with van der Waals surface area (Å²) in [4.78, 5) is 11.8. The summed E-state index contributed by atoms with van der Waals surface area (Å²) in [5.41, 5.74) is 2.81. The van der Waals surface area contributed by atoms with Crippen LogP contribution < -0.4 is 4.74 Å². The van der Waals surface area contributed by atoms with Crippen molar-refractivity contribution >= 4 is 5.78 Å². The predicted molar refractivity (Wildman–Crippen MR) is 63.3 cm³/mol. The van der Waals surface area contributed by atoms with E-state index in [1.807, 2.05) is 32.9 Å². The van der Waals surface area contributed by atoms with Gasteiger partial charge in [0.25, 0.3) is 0 Å². The van der Waals surface area contributed by atoms with Crippen LogP contribution in [0.3, 0.4) is 0 Å². The Hall–Kier alpha value is -1.35. The maximum atomic E-state index is 11.8. The summed E-state index contributed by atoms with van der Waals surface area (Å²) in [6.07, 6.45) is 0. The van der Waals surface area contributed by atoms with Crippen molar-refractivity contribution in [1.82, 2.24) is 0 Å². The Morgan fingerprint density at radius 1 is 1.25 bits per heavy atom. The minimum absolute atomic E-state index is 0.0472. The quantitative estimate of drug-likeness (QED) is 0.718. The van der Waals surface area contributed by atoms with Crippen molar-refractivity contribution in [2.45, 2.75) is 20.8 Å². The Morgan fingerprint density at radius 2 is 1.88 bits per heavy atom. The molecule has 0 bridgehead atoms. The molecular formula is C13H18O3. The van der Waals surface area contributed by atoms with Crippen molar-refractivity contribution in [3.8, 4) is 5.75 Å². The number of carbonyl (C=O) groups is 1. The lowest BCUT2D eigenvalue weighted by Gasteiger charge is -2.12. The highest BCUT2D eigenvalue weighted by Crippen LogP contribution is 2.23. The highest BCUT2D eigenvalue weighted by Gasteiger charge is 2.13. The minimum Gasteiger partial charge on any atom is -0.493 e. The van der Waals surface area contributed by atoms with Crippen LogP contribution in [0.5, 0.6) is 5.75 Å². The van der Waals surface area contributed by atoms with Crippen LogP contribution in [0.15, 0.2) is 12.1 Å². The Bertz CT molecular complexity index is 383. The lowest BCUT2D eigenvalue weighted by atomic mass is 10.0. The average Bonchev–Trinajstić information content (AvgIpc) is 2.23. The molecule has 0 radical (unpaired) electrons. The first kappa shape index (κ1) is 12.7. The molecule has 1 rings (SSSR count). The van der Waals surface area contributed by atoms with Gasteiger partial charge in [0.2, 0.25) is 0 Å². The van der Waals surface area contributed by atoms with E-state index in [9.17, 15) is 4.79 Å². The van der Waals surface area contributed by atoms with E-state index in [2.05, 4.69) is 0 Å². The van der Waals surface area contributed by atoms with Gasteiger partial charge in [-0.05, 0) is 44.0 Å². The number of rotatable bonds is 5. The van der Waals surface area contributed by atoms with E-state index in [0.29, 0.717) is 17.9 Å². The van der Waals surface area contributed by atoms with E-state index >= 15 is 0 Å². The number of hydrogen-bond donors (Lipinski definition) is 0. The molecule has 0 aliphatic carbocycles. The number of ketones is 1. The van der Waals surface area contributed by atoms with Gasteiger partial charge in [0.1, 0.15) is 12.4 Å². The normalized spacial score (nSPS) is 10.2. The monoisotopic (exact) mass is 222 g/mol. The van der Waals surface area contributed by atoms with Crippen LogP contribution in [-0.4, -0.2) is 26.1 Å². The molecule has 16 heavy (non-hydrogen) atoms. The third kappa shape index (κ3) is 2.83. The Labute approximate surface area is 96.4 Å². The first-order valence-corrected chi connectivity index (χ1v) is 5.36. The molecule has 3 nitrogen and oxygen atoms in total. The summed E-state index contributed by atoms with van der Waals surface area (Å²) in [5, 5.41) is 0. The number of benzene rings is 1. The predicted octanol–water partition coefficient (Wildman–Crippen LogP) is 2.53. The number of aryl methyl sites for hydroxylation is 2. The lowest BCUT2D eigenvalue weighted by molar-refractivity contribution is 0.0844. The SMILES string of the molecule is CCOc1cc(C)c(C)cc1C(=O)COC. The molecule has 1 aromatic rings. The van der Waals surface area contributed by atoms with Crippen molar-refractivity contribution in [2.24, 2.45) is 0 Å². The lowest BCUT2D eigenvalue weighted by Crippen LogP contribution is -2.10. The fourth-order valence-corrected chi connectivity index (χ4v) is 1.49. The molecule has 88 valence electrons. The third-order valence-corrected chi connectivity index (χ3v) is 2.47. The van der Waals surface area contributed by atoms with Crippen LogP contribution >= 0.6 is 0 Å². The zero-order chi connectivity index (χ0) is 12.1. The van der Waals surface area contributed by atoms with E-state index in [0.717, 1.165) is 11.1 Å². The number of Topliss-reactive ketones (excluding diaryl/α,β-unsaturated/α-hetero) is 1. The Kier molecular flexibility index (Phi) is 4.50. The van der Waals surface area contributed by atoms with E-state index in [-0.39, 0.29) is 12.4 Å². The summed E-state index contributed by atoms with van der Waals surface area (Å²) >= 11 is 0. The van der Waals surface area contributed by atoms with Gasteiger partial charge < -0.3 is 9.47 Å². The molecule has 0 fully saturated rings. The molecule has 0 aromatic heterocycles. The van der Waals surface area contributed by atoms with Crippen molar-refractivity contribution < 1.29 is 14.3 Å². The standard InChI is InChI=1S/C13H18O3/c1-5-16-13-7-10(3)9(2)6-11(13)12(14)8-15-4/h6-7H,5,8H2,1-4H3. The molecule has 0 N–H and O–H groups in total. The van der Waals surface area contributed by atoms with Gasteiger partial charge in [0.05, 0.1) is 12.2 Å². The average molecular weight is 222 g/mol. The smallest absolute Gasteiger partial charge is 0.192 e. The molecule has 0 saturated carbocycles. The second-order valence-corrected chi connectivity index (χ2v) is 3.72. The van der Waals surface area contributed by atoms with Crippen LogP contribution in [-0.2, 0) is 4.74 Å². The molecule has 1 aromatic carbocycles. The zero-order valence-electron chi connectivity index (χ0n) is 10.3. The van der Waals surface area contributed by atoms with E-state index < -0.39 is 0 Å². The van der Waals surface area contributed by atoms with Crippen LogP contribution in [0.1, 0.15) is 28.4 Å². The van der Waals surface area contributed by atoms with Crippen molar-refractivity contribution in [3.63, 3.8) is 0 Å². The number of carbonyl (C=O) groups excluding carboxylic acids is 1. The molecular weight excluding hydrogens is 204 g/mol. The highest BCUT2D eigenvalue weighted by molar-refractivity contribution is 5.99. The molecule has 0 atom stereocenters. The van der Waals surface area contributed by atoms with Crippen LogP contribution in [0.4, 0.5) is 0 Å². The van der Waals surface area contributed by atoms with Crippen LogP contribution in [0.2, 0.25) is 0 Å². The molecule has 0 unspecified atom stereocenters. The third-order valence-electron chi connectivity index (χ3n) is 2.47. The maximum Gasteiger partial charge on any atom is 0.192 e. The summed E-state index contributed by atoms with van der Waals surface area (Å²) in [7, 11) is 1.51. The molecule has 0 spiro atoms. The summed E-state index contributed by atoms with van der Waals surface area (Å²) < 4.78 is 10.3. The van der Waals surface area contributed by atoms with Gasteiger partial charge in [0.15, 0.2) is 5.78 Å². The van der Waals surface area contributed by atoms with E-state index in [1.165, 1.54) is 7.11 Å². The summed E-state index contributed by atoms with van der Waals surface area (Å²) in [6.45, 7) is 6.52. The fourth-order valence-electron chi connectivity index (χ4n) is 1.49. The maximum absolute atomic E-state index is 11.8. The van der Waals surface area contributed by atoms with Crippen molar-refractivity contribution in [3.05, 3.63) is 28.8 Å². The van der Waals surface area contributed by atoms with E-state index in [4.69, 9.17) is 9.47 Å². The second kappa shape index (κ2) is 5.66. The minimum atomic E-state index is -0.0472. The summed E-state index contributed by atoms with van der Waals surface area (Å²) in [6, 6.07) is 3.77. The van der Waals surface area contributed by atoms with Crippen molar-refractivity contribution in [2.75, 3.05) is 20.3 Å².